The van der Waals surface area contributed by atoms with Gasteiger partial charge < -0.3 is 14.7 Å². The molecule has 0 aliphatic carbocycles. The lowest BCUT2D eigenvalue weighted by atomic mass is 10.00. The van der Waals surface area contributed by atoms with E-state index in [4.69, 9.17) is 9.72 Å². The van der Waals surface area contributed by atoms with Crippen LogP contribution in [0.1, 0.15) is 37.8 Å². The molecule has 0 saturated heterocycles. The highest BCUT2D eigenvalue weighted by Crippen LogP contribution is 2.32. The third-order valence-electron chi connectivity index (χ3n) is 6.01. The maximum Gasteiger partial charge on any atom is 0.237 e. The quantitative estimate of drug-likeness (QED) is 0.429. The largest absolute Gasteiger partial charge is 0.475 e. The fourth-order valence-electron chi connectivity index (χ4n) is 4.50. The van der Waals surface area contributed by atoms with E-state index in [2.05, 4.69) is 84.8 Å². The van der Waals surface area contributed by atoms with Gasteiger partial charge in [-0.15, -0.1) is 0 Å². The average Bonchev–Trinajstić information content (AvgIpc) is 2.80. The molecule has 1 aliphatic heterocycles. The lowest BCUT2D eigenvalue weighted by Crippen LogP contribution is -2.41. The van der Waals surface area contributed by atoms with Crippen molar-refractivity contribution in [1.82, 2.24) is 9.97 Å². The molecule has 4 rings (SSSR count). The highest BCUT2D eigenvalue weighted by atomic mass is 32.2. The predicted octanol–water partition coefficient (Wildman–Crippen LogP) is 5.88. The van der Waals surface area contributed by atoms with E-state index in [-0.39, 0.29) is 12.6 Å². The van der Waals surface area contributed by atoms with Crippen molar-refractivity contribution in [3.05, 3.63) is 59.7 Å². The number of nitrogens with zero attached hydrogens (tertiary/aromatic N) is 3. The van der Waals surface area contributed by atoms with Gasteiger partial charge in [-0.25, -0.2) is 4.98 Å². The molecule has 2 aromatic carbocycles. The second kappa shape index (κ2) is 11.1. The SMILES string of the molecule is Cc1cccc(C)c1-c1cc2nc(n1)NSc1cccc(c1)N(CCCO)C(CC(C)C)CO2. The summed E-state index contributed by atoms with van der Waals surface area (Å²) in [6, 6.07) is 16.9. The average molecular weight is 479 g/mol. The number of nitrogens with one attached hydrogen (secondary N) is 1. The summed E-state index contributed by atoms with van der Waals surface area (Å²) in [6.45, 7) is 10.1. The highest BCUT2D eigenvalue weighted by molar-refractivity contribution is 8.00. The van der Waals surface area contributed by atoms with Crippen molar-refractivity contribution >= 4 is 23.6 Å². The first kappa shape index (κ1) is 24.4. The number of aliphatic hydroxyl groups is 1. The van der Waals surface area contributed by atoms with E-state index in [1.165, 1.54) is 23.1 Å². The summed E-state index contributed by atoms with van der Waals surface area (Å²) in [5.74, 6) is 1.60. The molecular weight excluding hydrogens is 444 g/mol. The van der Waals surface area contributed by atoms with Gasteiger partial charge in [0.25, 0.3) is 0 Å². The Labute approximate surface area is 206 Å². The van der Waals surface area contributed by atoms with Gasteiger partial charge >= 0.3 is 0 Å². The Morgan fingerprint density at radius 3 is 2.62 bits per heavy atom. The Morgan fingerprint density at radius 1 is 1.12 bits per heavy atom. The number of ether oxygens (including phenoxy) is 1. The van der Waals surface area contributed by atoms with Crippen LogP contribution in [0.3, 0.4) is 0 Å². The van der Waals surface area contributed by atoms with E-state index < -0.39 is 0 Å². The normalized spacial score (nSPS) is 15.8. The van der Waals surface area contributed by atoms with Crippen molar-refractivity contribution in [2.75, 3.05) is 29.4 Å². The molecular formula is C27H34N4O2S. The van der Waals surface area contributed by atoms with Crippen LogP contribution in [0.4, 0.5) is 11.6 Å². The summed E-state index contributed by atoms with van der Waals surface area (Å²) in [4.78, 5) is 12.9. The van der Waals surface area contributed by atoms with Gasteiger partial charge in [-0.1, -0.05) is 38.1 Å². The minimum absolute atomic E-state index is 0.154. The molecule has 1 unspecified atom stereocenters. The molecule has 3 aromatic rings. The van der Waals surface area contributed by atoms with Crippen molar-refractivity contribution in [3.8, 4) is 17.1 Å². The van der Waals surface area contributed by atoms with E-state index in [9.17, 15) is 5.11 Å². The number of aromatic nitrogens is 2. The summed E-state index contributed by atoms with van der Waals surface area (Å²) < 4.78 is 9.67. The van der Waals surface area contributed by atoms with Crippen molar-refractivity contribution in [1.29, 1.82) is 0 Å². The summed E-state index contributed by atoms with van der Waals surface area (Å²) in [7, 11) is 0. The van der Waals surface area contributed by atoms with E-state index in [1.807, 2.05) is 6.07 Å². The second-order valence-corrected chi connectivity index (χ2v) is 10.1. The molecule has 1 aliphatic rings. The van der Waals surface area contributed by atoms with Crippen molar-refractivity contribution < 1.29 is 9.84 Å². The van der Waals surface area contributed by atoms with Crippen LogP contribution in [0.2, 0.25) is 0 Å². The van der Waals surface area contributed by atoms with Crippen LogP contribution in [0.25, 0.3) is 11.3 Å². The molecule has 4 bridgehead atoms. The van der Waals surface area contributed by atoms with Gasteiger partial charge in [0.1, 0.15) is 6.61 Å². The Balaban J connectivity index is 1.76. The van der Waals surface area contributed by atoms with Gasteiger partial charge in [0, 0.05) is 35.4 Å². The van der Waals surface area contributed by atoms with Crippen LogP contribution in [0, 0.1) is 19.8 Å². The monoisotopic (exact) mass is 478 g/mol. The molecule has 1 atom stereocenters. The van der Waals surface area contributed by atoms with Crippen molar-refractivity contribution in [2.24, 2.45) is 5.92 Å². The summed E-state index contributed by atoms with van der Waals surface area (Å²) in [5.41, 5.74) is 5.44. The molecule has 7 heteroatoms. The minimum atomic E-state index is 0.154. The first-order valence-corrected chi connectivity index (χ1v) is 12.7. The zero-order chi connectivity index (χ0) is 24.1. The summed E-state index contributed by atoms with van der Waals surface area (Å²) >= 11 is 1.49. The lowest BCUT2D eigenvalue weighted by molar-refractivity contribution is 0.247. The molecule has 0 radical (unpaired) electrons. The Morgan fingerprint density at radius 2 is 1.88 bits per heavy atom. The van der Waals surface area contributed by atoms with Gasteiger partial charge in [0.05, 0.1) is 11.7 Å². The Hall–Kier alpha value is -2.77. The van der Waals surface area contributed by atoms with Crippen LogP contribution in [0.15, 0.2) is 53.4 Å². The van der Waals surface area contributed by atoms with Gasteiger partial charge in [0.15, 0.2) is 0 Å². The molecule has 0 amide bonds. The number of hydrogen-bond acceptors (Lipinski definition) is 7. The fraction of sp³-hybridized carbons (Fsp3) is 0.407. The summed E-state index contributed by atoms with van der Waals surface area (Å²) in [5, 5.41) is 9.54. The number of hydrogen-bond donors (Lipinski definition) is 2. The topological polar surface area (TPSA) is 70.5 Å². The van der Waals surface area contributed by atoms with E-state index in [0.29, 0.717) is 30.8 Å². The van der Waals surface area contributed by atoms with Crippen LogP contribution in [-0.2, 0) is 0 Å². The Kier molecular flexibility index (Phi) is 7.95. The molecule has 34 heavy (non-hydrogen) atoms. The lowest BCUT2D eigenvalue weighted by Gasteiger charge is -2.35. The smallest absolute Gasteiger partial charge is 0.237 e. The van der Waals surface area contributed by atoms with Crippen LogP contribution in [0.5, 0.6) is 5.88 Å². The molecule has 180 valence electrons. The minimum Gasteiger partial charge on any atom is -0.475 e. The first-order valence-electron chi connectivity index (χ1n) is 11.9. The molecule has 2 N–H and O–H groups in total. The van der Waals surface area contributed by atoms with Gasteiger partial charge in [-0.2, -0.15) is 4.98 Å². The van der Waals surface area contributed by atoms with Gasteiger partial charge in [-0.3, -0.25) is 4.72 Å². The zero-order valence-electron chi connectivity index (χ0n) is 20.4. The molecule has 6 nitrogen and oxygen atoms in total. The zero-order valence-corrected chi connectivity index (χ0v) is 21.2. The van der Waals surface area contributed by atoms with Gasteiger partial charge in [-0.05, 0) is 73.9 Å². The first-order chi connectivity index (χ1) is 16.4. The van der Waals surface area contributed by atoms with E-state index >= 15 is 0 Å². The number of rotatable bonds is 6. The number of benzene rings is 2. The number of anilines is 2. The number of aryl methyl sites for hydroxylation is 2. The maximum absolute atomic E-state index is 9.54. The number of aliphatic hydroxyl groups excluding tert-OH is 1. The summed E-state index contributed by atoms with van der Waals surface area (Å²) in [6.07, 6.45) is 1.68. The Bertz CT molecular complexity index is 1100. The fourth-order valence-corrected chi connectivity index (χ4v) is 5.12. The maximum atomic E-state index is 9.54. The second-order valence-electron chi connectivity index (χ2n) is 9.25. The molecule has 0 fully saturated rings. The molecule has 1 aromatic heterocycles. The van der Waals surface area contributed by atoms with Crippen LogP contribution in [-0.4, -0.2) is 40.9 Å². The molecule has 2 heterocycles. The van der Waals surface area contributed by atoms with Crippen molar-refractivity contribution in [3.63, 3.8) is 0 Å². The molecule has 0 saturated carbocycles. The van der Waals surface area contributed by atoms with Crippen LogP contribution >= 0.6 is 11.9 Å². The van der Waals surface area contributed by atoms with Gasteiger partial charge in [0.2, 0.25) is 11.8 Å². The van der Waals surface area contributed by atoms with E-state index in [0.717, 1.165) is 34.8 Å². The molecule has 0 spiro atoms. The highest BCUT2D eigenvalue weighted by Gasteiger charge is 2.23. The third kappa shape index (κ3) is 5.83. The predicted molar refractivity (Wildman–Crippen MR) is 141 cm³/mol. The van der Waals surface area contributed by atoms with Crippen LogP contribution < -0.4 is 14.4 Å². The van der Waals surface area contributed by atoms with Crippen molar-refractivity contribution in [2.45, 2.75) is 51.5 Å². The number of fused-ring (bicyclic) bond motifs is 4. The van der Waals surface area contributed by atoms with E-state index in [1.54, 1.807) is 0 Å². The third-order valence-corrected chi connectivity index (χ3v) is 6.79. The standard InChI is InChI=1S/C27H34N4O2S/c1-18(2)14-22-17-33-25-16-24(26-19(3)8-5-9-20(26)4)28-27(29-25)30-34-23-11-6-10-21(15-23)31(22)12-7-13-32/h5-6,8-11,15-16,18,22,32H,7,12-14,17H2,1-4H3,(H,28,29,30).